The number of amides is 4. The van der Waals surface area contributed by atoms with Gasteiger partial charge in [-0.3, -0.25) is 24.0 Å². The first-order valence-corrected chi connectivity index (χ1v) is 20.2. The average Bonchev–Trinajstić information content (AvgIpc) is 4.01. The van der Waals surface area contributed by atoms with Crippen LogP contribution in [-0.4, -0.2) is 187 Å². The number of hydrogen-bond donors (Lipinski definition) is 8. The predicted molar refractivity (Wildman–Crippen MR) is 191 cm³/mol. The van der Waals surface area contributed by atoms with Crippen molar-refractivity contribution in [2.24, 2.45) is 41.4 Å². The summed E-state index contributed by atoms with van der Waals surface area (Å²) in [5.74, 6) is -8.54. The molecule has 8 fully saturated rings. The zero-order valence-electron chi connectivity index (χ0n) is 32.6. The van der Waals surface area contributed by atoms with Crippen LogP contribution in [0.5, 0.6) is 0 Å². The smallest absolute Gasteiger partial charge is 0.220 e. The lowest BCUT2D eigenvalue weighted by Crippen LogP contribution is -2.75. The second-order valence-corrected chi connectivity index (χ2v) is 19.0. The van der Waals surface area contributed by atoms with E-state index in [9.17, 15) is 60.0 Å². The van der Waals surface area contributed by atoms with Gasteiger partial charge in [0.25, 0.3) is 0 Å². The first kappa shape index (κ1) is 40.0. The Morgan fingerprint density at radius 1 is 0.518 bits per heavy atom. The van der Waals surface area contributed by atoms with Crippen molar-refractivity contribution in [3.05, 3.63) is 0 Å². The molecule has 0 spiro atoms. The standard InChI is InChI=1S/C39H58N4O13/c1-16(37-9-22(29(50)33(37)54)13-41(37)18(3)45)26(38-10-23(30(51)34(38)55)14-42(38)19(4)46)27(39-11-24(31(52)35(39)56)15-43(39)20(5)47)25(48)6-7-36-8-21(28(49)32(36)53)12-40(36)17(2)44/h16,21-24,26-35,49-56H,6-15H2,1-5H3. The number of rotatable bonds is 9. The number of nitrogens with zero attached hydrogens (tertiary/aromatic N) is 4. The number of Topliss-reactive ketones (excluding diaryl/α,β-unsaturated/α-hetero) is 1. The molecule has 0 radical (unpaired) electrons. The van der Waals surface area contributed by atoms with Crippen molar-refractivity contribution >= 4 is 29.4 Å². The molecule has 17 heteroatoms. The van der Waals surface area contributed by atoms with Crippen molar-refractivity contribution in [1.29, 1.82) is 0 Å². The van der Waals surface area contributed by atoms with Gasteiger partial charge in [0.05, 0.1) is 46.6 Å². The highest BCUT2D eigenvalue weighted by atomic mass is 16.4. The van der Waals surface area contributed by atoms with E-state index >= 15 is 4.79 Å². The SMILES string of the molecule is CC(=O)N1CC2CC1(CCC(=O)C(C(C(C)C13CC(CN1C(C)=O)C(O)C3O)C13CC(CN1C(C)=O)C(O)C3O)C13CC(CN1C(C)=O)C(O)C3O)C(O)C2O. The molecule has 0 aromatic rings. The molecule has 4 amide bonds. The molecule has 56 heavy (non-hydrogen) atoms. The van der Waals surface area contributed by atoms with Crippen LogP contribution in [-0.2, 0) is 24.0 Å². The van der Waals surface area contributed by atoms with Crippen LogP contribution in [0.15, 0.2) is 0 Å². The lowest BCUT2D eigenvalue weighted by Gasteiger charge is -2.60. The number of carbonyl (C=O) groups is 5. The molecule has 312 valence electrons. The van der Waals surface area contributed by atoms with Crippen LogP contribution < -0.4 is 0 Å². The van der Waals surface area contributed by atoms with Crippen LogP contribution in [0.4, 0.5) is 0 Å². The summed E-state index contributed by atoms with van der Waals surface area (Å²) < 4.78 is 0. The largest absolute Gasteiger partial charge is 0.390 e. The van der Waals surface area contributed by atoms with Crippen molar-refractivity contribution < 1.29 is 64.8 Å². The molecule has 17 nitrogen and oxygen atoms in total. The minimum atomic E-state index is -1.84. The second-order valence-electron chi connectivity index (χ2n) is 19.0. The van der Waals surface area contributed by atoms with Gasteiger partial charge in [-0.25, -0.2) is 0 Å². The molecule has 4 saturated carbocycles. The van der Waals surface area contributed by atoms with E-state index in [1.54, 1.807) is 6.92 Å². The van der Waals surface area contributed by atoms with E-state index < -0.39 is 136 Å². The van der Waals surface area contributed by atoms with Gasteiger partial charge in [-0.1, -0.05) is 6.92 Å². The Balaban J connectivity index is 1.35. The highest BCUT2D eigenvalue weighted by Gasteiger charge is 2.78. The number of piperidine rings is 4. The van der Waals surface area contributed by atoms with E-state index in [-0.39, 0.29) is 70.6 Å². The fourth-order valence-corrected chi connectivity index (χ4v) is 14.7. The zero-order valence-corrected chi connectivity index (χ0v) is 32.6. The van der Waals surface area contributed by atoms with E-state index in [2.05, 4.69) is 0 Å². The number of fused-ring (bicyclic) bond motifs is 8. The maximum Gasteiger partial charge on any atom is 0.220 e. The number of aliphatic hydroxyl groups is 8. The van der Waals surface area contributed by atoms with E-state index in [0.29, 0.717) is 0 Å². The van der Waals surface area contributed by atoms with Crippen molar-refractivity contribution in [1.82, 2.24) is 19.6 Å². The molecule has 8 bridgehead atoms. The highest BCUT2D eigenvalue weighted by Crippen LogP contribution is 2.65. The molecular weight excluding hydrogens is 732 g/mol. The van der Waals surface area contributed by atoms with Gasteiger partial charge < -0.3 is 60.5 Å². The van der Waals surface area contributed by atoms with Crippen LogP contribution in [0.25, 0.3) is 0 Å². The second kappa shape index (κ2) is 12.9. The van der Waals surface area contributed by atoms with Crippen molar-refractivity contribution in [3.63, 3.8) is 0 Å². The van der Waals surface area contributed by atoms with E-state index in [0.717, 1.165) is 0 Å². The Kier molecular flexibility index (Phi) is 9.19. The van der Waals surface area contributed by atoms with Gasteiger partial charge >= 0.3 is 0 Å². The number of likely N-dealkylation sites (tertiary alicyclic amines) is 4. The maximum atomic E-state index is 15.8. The third-order valence-electron chi connectivity index (χ3n) is 16.9. The summed E-state index contributed by atoms with van der Waals surface area (Å²) in [7, 11) is 0. The first-order valence-electron chi connectivity index (χ1n) is 20.2. The molecule has 19 unspecified atom stereocenters. The Labute approximate surface area is 325 Å². The molecule has 0 aromatic carbocycles. The molecule has 8 N–H and O–H groups in total. The normalized spacial score (nSPS) is 48.7. The summed E-state index contributed by atoms with van der Waals surface area (Å²) >= 11 is 0. The van der Waals surface area contributed by atoms with Gasteiger partial charge in [0.15, 0.2) is 0 Å². The van der Waals surface area contributed by atoms with Crippen LogP contribution in [0.3, 0.4) is 0 Å². The average molecular weight is 791 g/mol. The predicted octanol–water partition coefficient (Wildman–Crippen LogP) is -3.43. The van der Waals surface area contributed by atoms with Gasteiger partial charge in [-0.05, 0) is 38.0 Å². The van der Waals surface area contributed by atoms with Gasteiger partial charge in [0.1, 0.15) is 30.2 Å². The lowest BCUT2D eigenvalue weighted by atomic mass is 9.54. The summed E-state index contributed by atoms with van der Waals surface area (Å²) in [4.78, 5) is 75.5. The Hall–Kier alpha value is -2.77. The molecule has 4 heterocycles. The monoisotopic (exact) mass is 790 g/mol. The van der Waals surface area contributed by atoms with Crippen molar-refractivity contribution in [2.75, 3.05) is 26.2 Å². The third-order valence-corrected chi connectivity index (χ3v) is 16.9. The summed E-state index contributed by atoms with van der Waals surface area (Å²) in [6, 6.07) is 0. The molecule has 8 rings (SSSR count). The fourth-order valence-electron chi connectivity index (χ4n) is 14.7. The number of carbonyl (C=O) groups excluding carboxylic acids is 5. The van der Waals surface area contributed by atoms with Crippen LogP contribution >= 0.6 is 0 Å². The summed E-state index contributed by atoms with van der Waals surface area (Å²) in [5.41, 5.74) is -6.47. The Morgan fingerprint density at radius 3 is 1.30 bits per heavy atom. The molecule has 4 saturated heterocycles. The number of ketones is 1. The minimum Gasteiger partial charge on any atom is -0.390 e. The van der Waals surface area contributed by atoms with Crippen LogP contribution in [0.1, 0.15) is 73.1 Å². The van der Waals surface area contributed by atoms with Crippen molar-refractivity contribution in [2.45, 2.75) is 144 Å². The van der Waals surface area contributed by atoms with Gasteiger partial charge in [-0.2, -0.15) is 0 Å². The van der Waals surface area contributed by atoms with E-state index in [1.807, 2.05) is 0 Å². The van der Waals surface area contributed by atoms with E-state index in [4.69, 9.17) is 0 Å². The summed E-state index contributed by atoms with van der Waals surface area (Å²) in [6.45, 7) is 7.21. The molecule has 4 aliphatic carbocycles. The van der Waals surface area contributed by atoms with Gasteiger partial charge in [-0.15, -0.1) is 0 Å². The maximum absolute atomic E-state index is 15.8. The van der Waals surface area contributed by atoms with Crippen molar-refractivity contribution in [3.8, 4) is 0 Å². The van der Waals surface area contributed by atoms with Crippen LogP contribution in [0, 0.1) is 41.4 Å². The van der Waals surface area contributed by atoms with Gasteiger partial charge in [0.2, 0.25) is 23.6 Å². The third kappa shape index (κ3) is 4.73. The molecule has 4 aliphatic heterocycles. The van der Waals surface area contributed by atoms with Gasteiger partial charge in [0, 0.05) is 95.8 Å². The lowest BCUT2D eigenvalue weighted by molar-refractivity contribution is -0.196. The topological polar surface area (TPSA) is 260 Å². The Morgan fingerprint density at radius 2 is 0.875 bits per heavy atom. The summed E-state index contributed by atoms with van der Waals surface area (Å²) in [6.07, 6.45) is -11.6. The van der Waals surface area contributed by atoms with Crippen LogP contribution in [0.2, 0.25) is 0 Å². The highest BCUT2D eigenvalue weighted by molar-refractivity contribution is 5.86. The Bertz CT molecular complexity index is 1720. The molecule has 8 aliphatic rings. The molecular formula is C39H58N4O13. The minimum absolute atomic E-state index is 0.00119. The number of hydrogen-bond acceptors (Lipinski definition) is 13. The summed E-state index contributed by atoms with van der Waals surface area (Å²) in [5, 5.41) is 93.3. The van der Waals surface area contributed by atoms with E-state index in [1.165, 1.54) is 47.3 Å². The molecule has 0 aromatic heterocycles. The number of aliphatic hydroxyl groups excluding tert-OH is 8. The quantitative estimate of drug-likeness (QED) is 0.113. The molecule has 19 atom stereocenters. The zero-order chi connectivity index (χ0) is 40.9. The fraction of sp³-hybridized carbons (Fsp3) is 0.872. The first-order chi connectivity index (χ1) is 26.1.